The van der Waals surface area contributed by atoms with Gasteiger partial charge in [-0.1, -0.05) is 41.9 Å². The summed E-state index contributed by atoms with van der Waals surface area (Å²) in [6, 6.07) is 16.6. The molecule has 0 aliphatic carbocycles. The molecule has 2 rings (SSSR count). The first-order valence-electron chi connectivity index (χ1n) is 7.35. The van der Waals surface area contributed by atoms with Crippen LogP contribution in [-0.2, 0) is 0 Å². The van der Waals surface area contributed by atoms with Crippen molar-refractivity contribution in [2.24, 2.45) is 0 Å². The minimum Gasteiger partial charge on any atom is -0.494 e. The molecule has 0 spiro atoms. The van der Waals surface area contributed by atoms with E-state index in [-0.39, 0.29) is 12.1 Å². The fraction of sp³-hybridized carbons (Fsp3) is 0.333. The van der Waals surface area contributed by atoms with E-state index in [1.807, 2.05) is 37.3 Å². The van der Waals surface area contributed by atoms with Crippen LogP contribution in [-0.4, -0.2) is 6.61 Å². The third-order valence-corrected chi connectivity index (χ3v) is 3.91. The Hall–Kier alpha value is -1.51. The highest BCUT2D eigenvalue weighted by Gasteiger charge is 2.13. The highest BCUT2D eigenvalue weighted by atomic mass is 35.5. The second kappa shape index (κ2) is 7.48. The maximum Gasteiger partial charge on any atom is 0.119 e. The second-order valence-corrected chi connectivity index (χ2v) is 5.54. The monoisotopic (exact) mass is 303 g/mol. The van der Waals surface area contributed by atoms with Crippen LogP contribution in [0.2, 0.25) is 5.02 Å². The van der Waals surface area contributed by atoms with Gasteiger partial charge in [-0.2, -0.15) is 0 Å². The first-order valence-corrected chi connectivity index (χ1v) is 7.72. The Bertz CT molecular complexity index is 568. The molecule has 2 atom stereocenters. The lowest BCUT2D eigenvalue weighted by molar-refractivity contribution is 0.340. The van der Waals surface area contributed by atoms with Gasteiger partial charge < -0.3 is 10.1 Å². The van der Waals surface area contributed by atoms with Crippen LogP contribution in [0.4, 0.5) is 0 Å². The largest absolute Gasteiger partial charge is 0.494 e. The molecule has 1 N–H and O–H groups in total. The third kappa shape index (κ3) is 4.23. The van der Waals surface area contributed by atoms with Gasteiger partial charge >= 0.3 is 0 Å². The Balaban J connectivity index is 2.03. The highest BCUT2D eigenvalue weighted by molar-refractivity contribution is 6.31. The summed E-state index contributed by atoms with van der Waals surface area (Å²) in [5.74, 6) is 0.910. The van der Waals surface area contributed by atoms with E-state index in [0.29, 0.717) is 6.61 Å². The zero-order valence-corrected chi connectivity index (χ0v) is 13.5. The molecule has 21 heavy (non-hydrogen) atoms. The number of halogens is 1. The van der Waals surface area contributed by atoms with Crippen LogP contribution in [0.25, 0.3) is 0 Å². The molecule has 0 bridgehead atoms. The van der Waals surface area contributed by atoms with Gasteiger partial charge in [0, 0.05) is 17.1 Å². The molecule has 2 nitrogen and oxygen atoms in total. The van der Waals surface area contributed by atoms with Crippen molar-refractivity contribution in [2.45, 2.75) is 32.9 Å². The van der Waals surface area contributed by atoms with E-state index in [1.54, 1.807) is 0 Å². The number of benzene rings is 2. The molecule has 0 fully saturated rings. The molecular weight excluding hydrogens is 282 g/mol. The summed E-state index contributed by atoms with van der Waals surface area (Å²) in [7, 11) is 0. The van der Waals surface area contributed by atoms with Gasteiger partial charge in [0.1, 0.15) is 5.75 Å². The first kappa shape index (κ1) is 15.9. The van der Waals surface area contributed by atoms with Crippen molar-refractivity contribution in [2.75, 3.05) is 6.61 Å². The number of rotatable bonds is 6. The summed E-state index contributed by atoms with van der Waals surface area (Å²) >= 11 is 6.25. The number of hydrogen-bond donors (Lipinski definition) is 1. The van der Waals surface area contributed by atoms with Gasteiger partial charge in [-0.25, -0.2) is 0 Å². The van der Waals surface area contributed by atoms with E-state index in [4.69, 9.17) is 16.3 Å². The normalized spacial score (nSPS) is 13.7. The molecule has 3 heteroatoms. The quantitative estimate of drug-likeness (QED) is 0.796. The zero-order valence-electron chi connectivity index (χ0n) is 12.8. The fourth-order valence-corrected chi connectivity index (χ4v) is 2.71. The molecule has 2 aromatic rings. The van der Waals surface area contributed by atoms with E-state index in [1.165, 1.54) is 5.56 Å². The van der Waals surface area contributed by atoms with E-state index in [9.17, 15) is 0 Å². The van der Waals surface area contributed by atoms with Gasteiger partial charge in [0.2, 0.25) is 0 Å². The van der Waals surface area contributed by atoms with Crippen molar-refractivity contribution in [3.63, 3.8) is 0 Å². The molecule has 0 saturated carbocycles. The number of nitrogens with one attached hydrogen (secondary N) is 1. The standard InChI is InChI=1S/C18H22ClNO/c1-4-21-16-11-9-15(10-12-16)13(2)20-14(3)17-7-5-6-8-18(17)19/h5-14,20H,4H2,1-3H3/t13?,14-/m1/s1. The minimum absolute atomic E-state index is 0.195. The summed E-state index contributed by atoms with van der Waals surface area (Å²) in [6.07, 6.45) is 0. The first-order chi connectivity index (χ1) is 10.1. The van der Waals surface area contributed by atoms with Gasteiger partial charge in [0.25, 0.3) is 0 Å². The third-order valence-electron chi connectivity index (χ3n) is 3.56. The Morgan fingerprint density at radius 3 is 2.29 bits per heavy atom. The Morgan fingerprint density at radius 2 is 1.67 bits per heavy atom. The molecule has 1 unspecified atom stereocenters. The lowest BCUT2D eigenvalue weighted by Gasteiger charge is -2.21. The predicted octanol–water partition coefficient (Wildman–Crippen LogP) is 5.15. The summed E-state index contributed by atoms with van der Waals surface area (Å²) in [4.78, 5) is 0. The summed E-state index contributed by atoms with van der Waals surface area (Å²) < 4.78 is 5.47. The van der Waals surface area contributed by atoms with E-state index in [0.717, 1.165) is 16.3 Å². The zero-order chi connectivity index (χ0) is 15.2. The molecule has 112 valence electrons. The van der Waals surface area contributed by atoms with E-state index < -0.39 is 0 Å². The minimum atomic E-state index is 0.195. The van der Waals surface area contributed by atoms with Crippen molar-refractivity contribution in [3.05, 3.63) is 64.7 Å². The Labute approximate surface area is 132 Å². The molecule has 0 heterocycles. The Kier molecular flexibility index (Phi) is 5.66. The fourth-order valence-electron chi connectivity index (χ4n) is 2.41. The molecule has 0 aromatic heterocycles. The van der Waals surface area contributed by atoms with Crippen LogP contribution >= 0.6 is 11.6 Å². The van der Waals surface area contributed by atoms with Gasteiger partial charge in [-0.15, -0.1) is 0 Å². The lowest BCUT2D eigenvalue weighted by atomic mass is 10.0. The van der Waals surface area contributed by atoms with Crippen LogP contribution in [0.3, 0.4) is 0 Å². The van der Waals surface area contributed by atoms with Gasteiger partial charge in [-0.05, 0) is 50.1 Å². The van der Waals surface area contributed by atoms with Crippen LogP contribution in [0, 0.1) is 0 Å². The molecule has 0 amide bonds. The average molecular weight is 304 g/mol. The van der Waals surface area contributed by atoms with Crippen molar-refractivity contribution in [1.29, 1.82) is 0 Å². The van der Waals surface area contributed by atoms with Crippen LogP contribution in [0.1, 0.15) is 44.0 Å². The second-order valence-electron chi connectivity index (χ2n) is 5.13. The van der Waals surface area contributed by atoms with Crippen molar-refractivity contribution in [3.8, 4) is 5.75 Å². The molecule has 2 aromatic carbocycles. The SMILES string of the molecule is CCOc1ccc(C(C)N[C@H](C)c2ccccc2Cl)cc1. The maximum absolute atomic E-state index is 6.25. The topological polar surface area (TPSA) is 21.3 Å². The van der Waals surface area contributed by atoms with Crippen LogP contribution in [0.5, 0.6) is 5.75 Å². The average Bonchev–Trinajstić information content (AvgIpc) is 2.48. The van der Waals surface area contributed by atoms with Crippen molar-refractivity contribution >= 4 is 11.6 Å². The van der Waals surface area contributed by atoms with Crippen LogP contribution < -0.4 is 10.1 Å². The molecule has 0 aliphatic heterocycles. The van der Waals surface area contributed by atoms with E-state index in [2.05, 4.69) is 37.4 Å². The van der Waals surface area contributed by atoms with Crippen molar-refractivity contribution in [1.82, 2.24) is 5.32 Å². The Morgan fingerprint density at radius 1 is 1.00 bits per heavy atom. The van der Waals surface area contributed by atoms with E-state index >= 15 is 0 Å². The molecule has 0 saturated heterocycles. The maximum atomic E-state index is 6.25. The number of hydrogen-bond acceptors (Lipinski definition) is 2. The highest BCUT2D eigenvalue weighted by Crippen LogP contribution is 2.25. The molecular formula is C18H22ClNO. The summed E-state index contributed by atoms with van der Waals surface area (Å²) in [6.45, 7) is 6.97. The summed E-state index contributed by atoms with van der Waals surface area (Å²) in [5.41, 5.74) is 2.36. The smallest absolute Gasteiger partial charge is 0.119 e. The predicted molar refractivity (Wildman–Crippen MR) is 89.0 cm³/mol. The van der Waals surface area contributed by atoms with Crippen molar-refractivity contribution < 1.29 is 4.74 Å². The van der Waals surface area contributed by atoms with Gasteiger partial charge in [0.15, 0.2) is 0 Å². The molecule has 0 aliphatic rings. The van der Waals surface area contributed by atoms with Crippen LogP contribution in [0.15, 0.2) is 48.5 Å². The van der Waals surface area contributed by atoms with Gasteiger partial charge in [0.05, 0.1) is 6.61 Å². The lowest BCUT2D eigenvalue weighted by Crippen LogP contribution is -2.22. The number of ether oxygens (including phenoxy) is 1. The molecule has 0 radical (unpaired) electrons. The van der Waals surface area contributed by atoms with Gasteiger partial charge in [-0.3, -0.25) is 0 Å². The summed E-state index contributed by atoms with van der Waals surface area (Å²) in [5, 5.41) is 4.38.